The third kappa shape index (κ3) is 4.85. The maximum Gasteiger partial charge on any atom is 0.416 e. The molecular formula is C17H16F6O. The quantitative estimate of drug-likeness (QED) is 0.637. The molecule has 0 radical (unpaired) electrons. The standard InChI is InChI=1S/C17H16F6O/c18-16(19,20)13-7-11(8-14(10-13)17(21,22)23)9-15(24)12-5-3-1-2-4-6-12/h5,7-8,10H,1-4,6,9H2. The van der Waals surface area contributed by atoms with Crippen LogP contribution in [0.25, 0.3) is 0 Å². The molecule has 132 valence electrons. The average molecular weight is 350 g/mol. The number of carbonyl (C=O) groups excluding carboxylic acids is 1. The molecule has 1 aliphatic rings. The lowest BCUT2D eigenvalue weighted by molar-refractivity contribution is -0.143. The molecule has 0 unspecified atom stereocenters. The van der Waals surface area contributed by atoms with Gasteiger partial charge in [0.1, 0.15) is 0 Å². The van der Waals surface area contributed by atoms with Crippen LogP contribution in [0.3, 0.4) is 0 Å². The second kappa shape index (κ2) is 6.99. The van der Waals surface area contributed by atoms with E-state index in [0.29, 0.717) is 30.5 Å². The second-order valence-electron chi connectivity index (χ2n) is 5.84. The molecule has 1 aromatic rings. The molecule has 0 aliphatic heterocycles. The van der Waals surface area contributed by atoms with Crippen LogP contribution in [0.2, 0.25) is 0 Å². The van der Waals surface area contributed by atoms with Crippen molar-refractivity contribution in [2.45, 2.75) is 50.9 Å². The van der Waals surface area contributed by atoms with Crippen LogP contribution in [0.1, 0.15) is 48.8 Å². The normalized spacial score (nSPS) is 16.5. The van der Waals surface area contributed by atoms with E-state index in [4.69, 9.17) is 0 Å². The van der Waals surface area contributed by atoms with Crippen LogP contribution in [-0.4, -0.2) is 5.78 Å². The monoisotopic (exact) mass is 350 g/mol. The number of halogens is 6. The minimum absolute atomic E-state index is 0.0683. The molecule has 0 saturated carbocycles. The first-order chi connectivity index (χ1) is 11.1. The van der Waals surface area contributed by atoms with Crippen LogP contribution >= 0.6 is 0 Å². The van der Waals surface area contributed by atoms with E-state index in [1.807, 2.05) is 0 Å². The van der Waals surface area contributed by atoms with Gasteiger partial charge in [-0.2, -0.15) is 26.3 Å². The number of carbonyl (C=O) groups is 1. The summed E-state index contributed by atoms with van der Waals surface area (Å²) in [6.07, 6.45) is -4.61. The van der Waals surface area contributed by atoms with Gasteiger partial charge in [0.15, 0.2) is 5.78 Å². The van der Waals surface area contributed by atoms with Crippen molar-refractivity contribution in [2.75, 3.05) is 0 Å². The van der Waals surface area contributed by atoms with Crippen LogP contribution in [0.5, 0.6) is 0 Å². The van der Waals surface area contributed by atoms with E-state index in [9.17, 15) is 31.1 Å². The zero-order valence-electron chi connectivity index (χ0n) is 12.7. The van der Waals surface area contributed by atoms with Crippen LogP contribution in [0, 0.1) is 0 Å². The van der Waals surface area contributed by atoms with Gasteiger partial charge in [-0.25, -0.2) is 0 Å². The van der Waals surface area contributed by atoms with Crippen molar-refractivity contribution in [1.82, 2.24) is 0 Å². The fraction of sp³-hybridized carbons (Fsp3) is 0.471. The van der Waals surface area contributed by atoms with E-state index >= 15 is 0 Å². The fourth-order valence-electron chi connectivity index (χ4n) is 2.69. The summed E-state index contributed by atoms with van der Waals surface area (Å²) in [6, 6.07) is 1.30. The number of alkyl halides is 6. The summed E-state index contributed by atoms with van der Waals surface area (Å²) in [4.78, 5) is 12.2. The third-order valence-corrected chi connectivity index (χ3v) is 3.91. The van der Waals surface area contributed by atoms with E-state index in [1.165, 1.54) is 0 Å². The Morgan fingerprint density at radius 3 is 2.00 bits per heavy atom. The van der Waals surface area contributed by atoms with E-state index in [1.54, 1.807) is 6.08 Å². The maximum atomic E-state index is 12.8. The highest BCUT2D eigenvalue weighted by Gasteiger charge is 2.37. The van der Waals surface area contributed by atoms with Crippen molar-refractivity contribution in [1.29, 1.82) is 0 Å². The lowest BCUT2D eigenvalue weighted by Gasteiger charge is -2.14. The topological polar surface area (TPSA) is 17.1 Å². The van der Waals surface area contributed by atoms with Crippen LogP contribution in [0.4, 0.5) is 26.3 Å². The SMILES string of the molecule is O=C(Cc1cc(C(F)(F)F)cc(C(F)(F)F)c1)C1=CCCCCC1. The summed E-state index contributed by atoms with van der Waals surface area (Å²) in [5.74, 6) is -0.413. The Morgan fingerprint density at radius 2 is 1.46 bits per heavy atom. The summed E-state index contributed by atoms with van der Waals surface area (Å²) < 4.78 is 76.9. The highest BCUT2D eigenvalue weighted by Crippen LogP contribution is 2.36. The number of rotatable bonds is 3. The first-order valence-electron chi connectivity index (χ1n) is 7.58. The molecule has 2 rings (SSSR count). The summed E-state index contributed by atoms with van der Waals surface area (Å²) >= 11 is 0. The molecule has 0 heterocycles. The minimum Gasteiger partial charge on any atom is -0.294 e. The van der Waals surface area contributed by atoms with Crippen molar-refractivity contribution < 1.29 is 31.1 Å². The molecule has 0 aromatic heterocycles. The molecule has 0 amide bonds. The zero-order chi connectivity index (χ0) is 18.0. The first-order valence-corrected chi connectivity index (χ1v) is 7.58. The van der Waals surface area contributed by atoms with Crippen LogP contribution in [-0.2, 0) is 23.6 Å². The number of allylic oxidation sites excluding steroid dienone is 2. The summed E-state index contributed by atoms with van der Waals surface area (Å²) in [5, 5.41) is 0. The predicted octanol–water partition coefficient (Wildman–Crippen LogP) is 5.73. The van der Waals surface area contributed by atoms with Gasteiger partial charge in [-0.1, -0.05) is 12.5 Å². The minimum atomic E-state index is -4.90. The van der Waals surface area contributed by atoms with Crippen molar-refractivity contribution >= 4 is 5.78 Å². The van der Waals surface area contributed by atoms with Gasteiger partial charge >= 0.3 is 12.4 Å². The molecule has 1 nitrogen and oxygen atoms in total. The third-order valence-electron chi connectivity index (χ3n) is 3.91. The van der Waals surface area contributed by atoms with Crippen molar-refractivity contribution in [3.63, 3.8) is 0 Å². The first kappa shape index (κ1) is 18.5. The highest BCUT2D eigenvalue weighted by atomic mass is 19.4. The molecule has 0 atom stereocenters. The second-order valence-corrected chi connectivity index (χ2v) is 5.84. The van der Waals surface area contributed by atoms with Crippen molar-refractivity contribution in [3.8, 4) is 0 Å². The number of ketones is 1. The molecule has 0 bridgehead atoms. The summed E-state index contributed by atoms with van der Waals surface area (Å²) in [5.41, 5.74) is -2.56. The Morgan fingerprint density at radius 1 is 0.875 bits per heavy atom. The van der Waals surface area contributed by atoms with Crippen molar-refractivity contribution in [3.05, 3.63) is 46.5 Å². The number of hydrogen-bond donors (Lipinski definition) is 0. The molecule has 0 fully saturated rings. The van der Waals surface area contributed by atoms with E-state index in [-0.39, 0.29) is 11.6 Å². The number of benzene rings is 1. The predicted molar refractivity (Wildman–Crippen MR) is 76.3 cm³/mol. The Labute approximate surface area is 135 Å². The fourth-order valence-corrected chi connectivity index (χ4v) is 2.69. The van der Waals surface area contributed by atoms with Gasteiger partial charge in [-0.3, -0.25) is 4.79 Å². The van der Waals surface area contributed by atoms with Crippen LogP contribution in [0.15, 0.2) is 29.8 Å². The summed E-state index contributed by atoms with van der Waals surface area (Å²) in [6.45, 7) is 0. The van der Waals surface area contributed by atoms with E-state index in [0.717, 1.165) is 19.3 Å². The Hall–Kier alpha value is -1.79. The Kier molecular flexibility index (Phi) is 5.40. The van der Waals surface area contributed by atoms with E-state index < -0.39 is 35.7 Å². The Balaban J connectivity index is 2.32. The molecule has 0 saturated heterocycles. The van der Waals surface area contributed by atoms with Gasteiger partial charge in [0, 0.05) is 6.42 Å². The van der Waals surface area contributed by atoms with Gasteiger partial charge < -0.3 is 0 Å². The van der Waals surface area contributed by atoms with Crippen molar-refractivity contribution in [2.24, 2.45) is 0 Å². The smallest absolute Gasteiger partial charge is 0.294 e. The largest absolute Gasteiger partial charge is 0.416 e. The molecule has 7 heteroatoms. The number of hydrogen-bond acceptors (Lipinski definition) is 1. The lowest BCUT2D eigenvalue weighted by Crippen LogP contribution is -2.14. The number of Topliss-reactive ketones (excluding diaryl/α,β-unsaturated/α-hetero) is 1. The molecule has 24 heavy (non-hydrogen) atoms. The van der Waals surface area contributed by atoms with Gasteiger partial charge in [-0.05, 0) is 55.0 Å². The highest BCUT2D eigenvalue weighted by molar-refractivity contribution is 5.96. The Bertz CT molecular complexity index is 607. The van der Waals surface area contributed by atoms with E-state index in [2.05, 4.69) is 0 Å². The van der Waals surface area contributed by atoms with Gasteiger partial charge in [-0.15, -0.1) is 0 Å². The molecule has 0 N–H and O–H groups in total. The van der Waals surface area contributed by atoms with Gasteiger partial charge in [0.2, 0.25) is 0 Å². The van der Waals surface area contributed by atoms with Crippen LogP contribution < -0.4 is 0 Å². The molecule has 1 aliphatic carbocycles. The van der Waals surface area contributed by atoms with Gasteiger partial charge in [0.05, 0.1) is 11.1 Å². The summed E-state index contributed by atoms with van der Waals surface area (Å²) in [7, 11) is 0. The molecular weight excluding hydrogens is 334 g/mol. The lowest BCUT2D eigenvalue weighted by atomic mass is 9.96. The maximum absolute atomic E-state index is 12.8. The average Bonchev–Trinajstić information content (AvgIpc) is 2.74. The molecule has 1 aromatic carbocycles. The van der Waals surface area contributed by atoms with Gasteiger partial charge in [0.25, 0.3) is 0 Å². The zero-order valence-corrected chi connectivity index (χ0v) is 12.7. The molecule has 0 spiro atoms.